The molecule has 2 atom stereocenters. The molecular formula is C17H28N2O. The number of hydrogen-bond donors (Lipinski definition) is 1. The first kappa shape index (κ1) is 15.3. The van der Waals surface area contributed by atoms with E-state index >= 15 is 0 Å². The monoisotopic (exact) mass is 276 g/mol. The van der Waals surface area contributed by atoms with Gasteiger partial charge in [-0.1, -0.05) is 25.5 Å². The van der Waals surface area contributed by atoms with E-state index in [9.17, 15) is 0 Å². The van der Waals surface area contributed by atoms with Crippen LogP contribution in [-0.2, 0) is 0 Å². The number of hydrogen-bond acceptors (Lipinski definition) is 3. The molecule has 0 aromatic heterocycles. The Labute approximate surface area is 123 Å². The van der Waals surface area contributed by atoms with Gasteiger partial charge in [0.05, 0.1) is 6.61 Å². The third-order valence-corrected chi connectivity index (χ3v) is 4.22. The molecular weight excluding hydrogens is 248 g/mol. The minimum atomic E-state index is 0.338. The predicted molar refractivity (Wildman–Crippen MR) is 84.0 cm³/mol. The van der Waals surface area contributed by atoms with E-state index in [0.717, 1.165) is 25.3 Å². The molecule has 1 saturated heterocycles. The van der Waals surface area contributed by atoms with Crippen molar-refractivity contribution in [3.63, 3.8) is 0 Å². The summed E-state index contributed by atoms with van der Waals surface area (Å²) in [5, 5.41) is 0. The Morgan fingerprint density at radius 3 is 2.65 bits per heavy atom. The standard InChI is InChI=1S/C17H28N2O/c1-3-12-20-16-9-7-15(8-10-16)17(13-18)19-11-5-4-6-14(19)2/h7-10,14,17H,3-6,11-13,18H2,1-2H3. The smallest absolute Gasteiger partial charge is 0.119 e. The lowest BCUT2D eigenvalue weighted by molar-refractivity contribution is 0.109. The van der Waals surface area contributed by atoms with Gasteiger partial charge in [-0.2, -0.15) is 0 Å². The van der Waals surface area contributed by atoms with Crippen LogP contribution in [0.2, 0.25) is 0 Å². The fourth-order valence-electron chi connectivity index (χ4n) is 3.05. The summed E-state index contributed by atoms with van der Waals surface area (Å²) in [6, 6.07) is 9.46. The van der Waals surface area contributed by atoms with Crippen molar-refractivity contribution in [2.24, 2.45) is 5.73 Å². The van der Waals surface area contributed by atoms with Crippen molar-refractivity contribution >= 4 is 0 Å². The second kappa shape index (κ2) is 7.65. The van der Waals surface area contributed by atoms with Crippen LogP contribution in [0, 0.1) is 0 Å². The van der Waals surface area contributed by atoms with Gasteiger partial charge in [0.1, 0.15) is 5.75 Å². The number of nitrogens with two attached hydrogens (primary N) is 1. The first-order chi connectivity index (χ1) is 9.76. The van der Waals surface area contributed by atoms with Crippen LogP contribution in [0.3, 0.4) is 0 Å². The molecule has 3 heteroatoms. The van der Waals surface area contributed by atoms with Crippen molar-refractivity contribution in [1.29, 1.82) is 0 Å². The van der Waals surface area contributed by atoms with Crippen LogP contribution in [-0.4, -0.2) is 30.6 Å². The average molecular weight is 276 g/mol. The fraction of sp³-hybridized carbons (Fsp3) is 0.647. The number of ether oxygens (including phenoxy) is 1. The van der Waals surface area contributed by atoms with Crippen LogP contribution >= 0.6 is 0 Å². The molecule has 0 saturated carbocycles. The zero-order valence-corrected chi connectivity index (χ0v) is 12.8. The van der Waals surface area contributed by atoms with Gasteiger partial charge in [0, 0.05) is 18.6 Å². The molecule has 2 unspecified atom stereocenters. The molecule has 0 radical (unpaired) electrons. The highest BCUT2D eigenvalue weighted by Crippen LogP contribution is 2.28. The van der Waals surface area contributed by atoms with E-state index in [1.807, 2.05) is 0 Å². The third-order valence-electron chi connectivity index (χ3n) is 4.22. The first-order valence-electron chi connectivity index (χ1n) is 7.94. The van der Waals surface area contributed by atoms with E-state index in [0.29, 0.717) is 18.6 Å². The average Bonchev–Trinajstić information content (AvgIpc) is 2.49. The summed E-state index contributed by atoms with van der Waals surface area (Å²) < 4.78 is 5.65. The molecule has 0 spiro atoms. The quantitative estimate of drug-likeness (QED) is 0.866. The van der Waals surface area contributed by atoms with Crippen LogP contribution in [0.4, 0.5) is 0 Å². The maximum Gasteiger partial charge on any atom is 0.119 e. The Kier molecular flexibility index (Phi) is 5.86. The second-order valence-corrected chi connectivity index (χ2v) is 5.75. The summed E-state index contributed by atoms with van der Waals surface area (Å²) in [5.41, 5.74) is 7.35. The Hall–Kier alpha value is -1.06. The van der Waals surface area contributed by atoms with Crippen LogP contribution in [0.15, 0.2) is 24.3 Å². The molecule has 20 heavy (non-hydrogen) atoms. The van der Waals surface area contributed by atoms with Crippen LogP contribution < -0.4 is 10.5 Å². The second-order valence-electron chi connectivity index (χ2n) is 5.75. The molecule has 0 bridgehead atoms. The Morgan fingerprint density at radius 2 is 2.05 bits per heavy atom. The van der Waals surface area contributed by atoms with E-state index in [-0.39, 0.29) is 0 Å². The van der Waals surface area contributed by atoms with Gasteiger partial charge >= 0.3 is 0 Å². The minimum absolute atomic E-state index is 0.338. The molecule has 0 aliphatic carbocycles. The SMILES string of the molecule is CCCOc1ccc(C(CN)N2CCCCC2C)cc1. The number of rotatable bonds is 6. The molecule has 1 heterocycles. The summed E-state index contributed by atoms with van der Waals surface area (Å²) in [7, 11) is 0. The molecule has 112 valence electrons. The molecule has 1 aliphatic heterocycles. The lowest BCUT2D eigenvalue weighted by atomic mass is 9.97. The maximum atomic E-state index is 6.04. The van der Waals surface area contributed by atoms with Gasteiger partial charge in [0.15, 0.2) is 0 Å². The van der Waals surface area contributed by atoms with Crippen molar-refractivity contribution < 1.29 is 4.74 Å². The summed E-state index contributed by atoms with van der Waals surface area (Å²) in [6.07, 6.45) is 4.96. The molecule has 1 aromatic rings. The highest BCUT2D eigenvalue weighted by Gasteiger charge is 2.26. The maximum absolute atomic E-state index is 6.04. The molecule has 0 amide bonds. The van der Waals surface area contributed by atoms with Gasteiger partial charge in [0.25, 0.3) is 0 Å². The van der Waals surface area contributed by atoms with Crippen LogP contribution in [0.1, 0.15) is 51.1 Å². The van der Waals surface area contributed by atoms with Crippen molar-refractivity contribution in [3.05, 3.63) is 29.8 Å². The summed E-state index contributed by atoms with van der Waals surface area (Å²) >= 11 is 0. The molecule has 2 rings (SSSR count). The molecule has 1 aliphatic rings. The first-order valence-corrected chi connectivity index (χ1v) is 7.94. The topological polar surface area (TPSA) is 38.5 Å². The Morgan fingerprint density at radius 1 is 1.30 bits per heavy atom. The fourth-order valence-corrected chi connectivity index (χ4v) is 3.05. The number of nitrogens with zero attached hydrogens (tertiary/aromatic N) is 1. The number of piperidine rings is 1. The van der Waals surface area contributed by atoms with Crippen LogP contribution in [0.25, 0.3) is 0 Å². The predicted octanol–water partition coefficient (Wildman–Crippen LogP) is 3.35. The van der Waals surface area contributed by atoms with Gasteiger partial charge in [-0.25, -0.2) is 0 Å². The minimum Gasteiger partial charge on any atom is -0.494 e. The number of likely N-dealkylation sites (tertiary alicyclic amines) is 1. The Bertz CT molecular complexity index is 390. The Balaban J connectivity index is 2.06. The van der Waals surface area contributed by atoms with Crippen molar-refractivity contribution in [2.45, 2.75) is 51.6 Å². The van der Waals surface area contributed by atoms with E-state index in [2.05, 4.69) is 43.0 Å². The van der Waals surface area contributed by atoms with E-state index in [1.54, 1.807) is 0 Å². The van der Waals surface area contributed by atoms with Gasteiger partial charge in [0.2, 0.25) is 0 Å². The molecule has 3 nitrogen and oxygen atoms in total. The number of benzene rings is 1. The van der Waals surface area contributed by atoms with Gasteiger partial charge in [-0.05, 0) is 50.4 Å². The largest absolute Gasteiger partial charge is 0.494 e. The van der Waals surface area contributed by atoms with E-state index in [4.69, 9.17) is 10.5 Å². The van der Waals surface area contributed by atoms with E-state index < -0.39 is 0 Å². The van der Waals surface area contributed by atoms with Crippen molar-refractivity contribution in [1.82, 2.24) is 4.90 Å². The molecule has 2 N–H and O–H groups in total. The lowest BCUT2D eigenvalue weighted by Crippen LogP contribution is -2.43. The zero-order chi connectivity index (χ0) is 14.4. The normalized spacial score (nSPS) is 21.6. The van der Waals surface area contributed by atoms with Crippen molar-refractivity contribution in [3.8, 4) is 5.75 Å². The summed E-state index contributed by atoms with van der Waals surface area (Å²) in [6.45, 7) is 7.07. The van der Waals surface area contributed by atoms with E-state index in [1.165, 1.54) is 24.8 Å². The third kappa shape index (κ3) is 3.74. The highest BCUT2D eigenvalue weighted by molar-refractivity contribution is 5.29. The molecule has 1 aromatic carbocycles. The van der Waals surface area contributed by atoms with Crippen LogP contribution in [0.5, 0.6) is 5.75 Å². The van der Waals surface area contributed by atoms with Crippen molar-refractivity contribution in [2.75, 3.05) is 19.7 Å². The zero-order valence-electron chi connectivity index (χ0n) is 12.8. The molecule has 1 fully saturated rings. The van der Waals surface area contributed by atoms with Gasteiger partial charge < -0.3 is 10.5 Å². The summed E-state index contributed by atoms with van der Waals surface area (Å²) in [4.78, 5) is 2.56. The van der Waals surface area contributed by atoms with Gasteiger partial charge in [-0.3, -0.25) is 4.90 Å². The lowest BCUT2D eigenvalue weighted by Gasteiger charge is -2.39. The van der Waals surface area contributed by atoms with Gasteiger partial charge in [-0.15, -0.1) is 0 Å². The highest BCUT2D eigenvalue weighted by atomic mass is 16.5. The summed E-state index contributed by atoms with van der Waals surface area (Å²) in [5.74, 6) is 0.957.